The van der Waals surface area contributed by atoms with Gasteiger partial charge in [0, 0.05) is 13.1 Å². The third-order valence-electron chi connectivity index (χ3n) is 3.35. The normalized spacial score (nSPS) is 19.4. The molecular formula is C12H15Cl2N3. The molecule has 0 amide bonds. The Kier molecular flexibility index (Phi) is 3.14. The molecule has 3 nitrogen and oxygen atoms in total. The molecule has 92 valence electrons. The standard InChI is InChI=1S/C12H15Cl2N3/c13-10-5-15-12(14)16-11(10)17(6-8-1-2-8)7-9-3-4-9/h5,8-9H,1-4,6-7H2. The number of anilines is 1. The summed E-state index contributed by atoms with van der Waals surface area (Å²) in [5.74, 6) is 2.45. The van der Waals surface area contributed by atoms with Crippen molar-refractivity contribution < 1.29 is 0 Å². The first-order valence-electron chi connectivity index (χ1n) is 6.15. The Labute approximate surface area is 111 Å². The first kappa shape index (κ1) is 11.5. The van der Waals surface area contributed by atoms with Crippen molar-refractivity contribution in [2.75, 3.05) is 18.0 Å². The van der Waals surface area contributed by atoms with Crippen LogP contribution in [0.2, 0.25) is 10.3 Å². The molecule has 1 aromatic rings. The molecule has 0 atom stereocenters. The maximum Gasteiger partial charge on any atom is 0.224 e. The van der Waals surface area contributed by atoms with Crippen LogP contribution in [0.4, 0.5) is 5.82 Å². The van der Waals surface area contributed by atoms with Crippen molar-refractivity contribution in [3.05, 3.63) is 16.5 Å². The third-order valence-corrected chi connectivity index (χ3v) is 3.80. The van der Waals surface area contributed by atoms with Gasteiger partial charge in [-0.15, -0.1) is 0 Å². The number of hydrogen-bond donors (Lipinski definition) is 0. The SMILES string of the molecule is Clc1ncc(Cl)c(N(CC2CC2)CC2CC2)n1. The Morgan fingerprint density at radius 2 is 1.71 bits per heavy atom. The van der Waals surface area contributed by atoms with E-state index in [9.17, 15) is 0 Å². The number of rotatable bonds is 5. The quantitative estimate of drug-likeness (QED) is 0.769. The van der Waals surface area contributed by atoms with Crippen molar-refractivity contribution >= 4 is 29.0 Å². The lowest BCUT2D eigenvalue weighted by molar-refractivity contribution is 0.670. The minimum Gasteiger partial charge on any atom is -0.355 e. The maximum atomic E-state index is 6.17. The summed E-state index contributed by atoms with van der Waals surface area (Å²) in [6.45, 7) is 2.12. The molecule has 17 heavy (non-hydrogen) atoms. The van der Waals surface area contributed by atoms with E-state index in [4.69, 9.17) is 23.2 Å². The molecule has 2 saturated carbocycles. The molecule has 0 unspecified atom stereocenters. The molecule has 1 aromatic heterocycles. The summed E-state index contributed by atoms with van der Waals surface area (Å²) in [5.41, 5.74) is 0. The average Bonchev–Trinajstić information content (AvgIpc) is 3.15. The fraction of sp³-hybridized carbons (Fsp3) is 0.667. The summed E-state index contributed by atoms with van der Waals surface area (Å²) >= 11 is 12.0. The predicted molar refractivity (Wildman–Crippen MR) is 69.7 cm³/mol. The second-order valence-electron chi connectivity index (χ2n) is 5.10. The van der Waals surface area contributed by atoms with Crippen molar-refractivity contribution in [2.45, 2.75) is 25.7 Å². The summed E-state index contributed by atoms with van der Waals surface area (Å²) in [5, 5.41) is 0.886. The molecule has 0 bridgehead atoms. The van der Waals surface area contributed by atoms with Crippen LogP contribution in [-0.2, 0) is 0 Å². The lowest BCUT2D eigenvalue weighted by atomic mass is 10.3. The van der Waals surface area contributed by atoms with Crippen molar-refractivity contribution in [3.8, 4) is 0 Å². The minimum absolute atomic E-state index is 0.279. The van der Waals surface area contributed by atoms with Crippen molar-refractivity contribution in [3.63, 3.8) is 0 Å². The molecule has 2 aliphatic rings. The third kappa shape index (κ3) is 3.02. The van der Waals surface area contributed by atoms with Gasteiger partial charge in [-0.05, 0) is 49.1 Å². The highest BCUT2D eigenvalue weighted by Gasteiger charge is 2.30. The van der Waals surface area contributed by atoms with Gasteiger partial charge < -0.3 is 4.90 Å². The molecule has 0 aliphatic heterocycles. The Bertz CT molecular complexity index is 402. The van der Waals surface area contributed by atoms with Crippen molar-refractivity contribution in [2.24, 2.45) is 11.8 Å². The molecule has 3 rings (SSSR count). The summed E-state index contributed by atoms with van der Waals surface area (Å²) in [6, 6.07) is 0. The number of nitrogens with zero attached hydrogens (tertiary/aromatic N) is 3. The van der Waals surface area contributed by atoms with E-state index in [2.05, 4.69) is 14.9 Å². The van der Waals surface area contributed by atoms with Crippen LogP contribution < -0.4 is 4.90 Å². The first-order valence-corrected chi connectivity index (χ1v) is 6.91. The number of hydrogen-bond acceptors (Lipinski definition) is 3. The highest BCUT2D eigenvalue weighted by molar-refractivity contribution is 6.33. The lowest BCUT2D eigenvalue weighted by Gasteiger charge is -2.24. The fourth-order valence-corrected chi connectivity index (χ4v) is 2.37. The average molecular weight is 272 g/mol. The first-order chi connectivity index (χ1) is 8.22. The van der Waals surface area contributed by atoms with E-state index in [1.807, 2.05) is 0 Å². The van der Waals surface area contributed by atoms with Crippen molar-refractivity contribution in [1.29, 1.82) is 0 Å². The van der Waals surface area contributed by atoms with Gasteiger partial charge in [0.25, 0.3) is 0 Å². The van der Waals surface area contributed by atoms with E-state index >= 15 is 0 Å². The molecule has 0 radical (unpaired) electrons. The van der Waals surface area contributed by atoms with Gasteiger partial charge >= 0.3 is 0 Å². The van der Waals surface area contributed by atoms with E-state index in [0.717, 1.165) is 30.7 Å². The van der Waals surface area contributed by atoms with Crippen LogP contribution in [-0.4, -0.2) is 23.1 Å². The smallest absolute Gasteiger partial charge is 0.224 e. The number of aromatic nitrogens is 2. The molecule has 2 aliphatic carbocycles. The Hall–Kier alpha value is -0.540. The van der Waals surface area contributed by atoms with E-state index in [0.29, 0.717) is 5.02 Å². The summed E-state index contributed by atoms with van der Waals surface area (Å²) in [4.78, 5) is 10.5. The zero-order chi connectivity index (χ0) is 11.8. The molecular weight excluding hydrogens is 257 g/mol. The van der Waals surface area contributed by atoms with Gasteiger partial charge in [0.2, 0.25) is 5.28 Å². The fourth-order valence-electron chi connectivity index (χ4n) is 2.03. The molecule has 2 fully saturated rings. The lowest BCUT2D eigenvalue weighted by Crippen LogP contribution is -2.29. The zero-order valence-electron chi connectivity index (χ0n) is 9.57. The molecule has 0 N–H and O–H groups in total. The Balaban J connectivity index is 1.80. The van der Waals surface area contributed by atoms with Gasteiger partial charge in [-0.1, -0.05) is 11.6 Å². The molecule has 5 heteroatoms. The molecule has 1 heterocycles. The van der Waals surface area contributed by atoms with Crippen LogP contribution >= 0.6 is 23.2 Å². The monoisotopic (exact) mass is 271 g/mol. The van der Waals surface area contributed by atoms with Crippen LogP contribution in [0.1, 0.15) is 25.7 Å². The summed E-state index contributed by atoms with van der Waals surface area (Å²) < 4.78 is 0. The summed E-state index contributed by atoms with van der Waals surface area (Å²) in [7, 11) is 0. The molecule has 0 saturated heterocycles. The van der Waals surface area contributed by atoms with Gasteiger partial charge in [-0.2, -0.15) is 4.98 Å². The van der Waals surface area contributed by atoms with Gasteiger partial charge in [-0.25, -0.2) is 4.98 Å². The zero-order valence-corrected chi connectivity index (χ0v) is 11.1. The second kappa shape index (κ2) is 4.62. The van der Waals surface area contributed by atoms with E-state index in [-0.39, 0.29) is 5.28 Å². The van der Waals surface area contributed by atoms with Crippen LogP contribution in [0, 0.1) is 11.8 Å². The van der Waals surface area contributed by atoms with Crippen LogP contribution in [0.25, 0.3) is 0 Å². The van der Waals surface area contributed by atoms with Gasteiger partial charge in [-0.3, -0.25) is 0 Å². The Morgan fingerprint density at radius 3 is 2.24 bits per heavy atom. The highest BCUT2D eigenvalue weighted by Crippen LogP contribution is 2.37. The van der Waals surface area contributed by atoms with Gasteiger partial charge in [0.15, 0.2) is 5.82 Å². The van der Waals surface area contributed by atoms with Gasteiger partial charge in [0.05, 0.1) is 6.20 Å². The van der Waals surface area contributed by atoms with E-state index in [1.165, 1.54) is 25.7 Å². The van der Waals surface area contributed by atoms with Crippen molar-refractivity contribution in [1.82, 2.24) is 9.97 Å². The predicted octanol–water partition coefficient (Wildman–Crippen LogP) is 3.41. The maximum absolute atomic E-state index is 6.17. The number of halogens is 2. The Morgan fingerprint density at radius 1 is 1.12 bits per heavy atom. The van der Waals surface area contributed by atoms with E-state index in [1.54, 1.807) is 6.20 Å². The molecule has 0 spiro atoms. The van der Waals surface area contributed by atoms with Crippen LogP contribution in [0.3, 0.4) is 0 Å². The highest BCUT2D eigenvalue weighted by atomic mass is 35.5. The van der Waals surface area contributed by atoms with Crippen LogP contribution in [0.5, 0.6) is 0 Å². The molecule has 0 aromatic carbocycles. The summed E-state index contributed by atoms with van der Waals surface area (Å²) in [6.07, 6.45) is 6.92. The largest absolute Gasteiger partial charge is 0.355 e. The second-order valence-corrected chi connectivity index (χ2v) is 5.85. The topological polar surface area (TPSA) is 29.0 Å². The minimum atomic E-state index is 0.279. The van der Waals surface area contributed by atoms with Crippen LogP contribution in [0.15, 0.2) is 6.20 Å². The van der Waals surface area contributed by atoms with Gasteiger partial charge in [0.1, 0.15) is 5.02 Å². The van der Waals surface area contributed by atoms with E-state index < -0.39 is 0 Å².